The molecule has 1 unspecified atom stereocenters. The van der Waals surface area contributed by atoms with Gasteiger partial charge in [-0.3, -0.25) is 4.79 Å². The molecule has 3 aromatic rings. The van der Waals surface area contributed by atoms with Crippen LogP contribution >= 0.6 is 0 Å². The van der Waals surface area contributed by atoms with Gasteiger partial charge in [-0.05, 0) is 50.8 Å². The molecule has 3 rings (SSSR count). The van der Waals surface area contributed by atoms with Gasteiger partial charge < -0.3 is 19.4 Å². The summed E-state index contributed by atoms with van der Waals surface area (Å²) in [5.74, 6) is 0.642. The second-order valence-corrected chi connectivity index (χ2v) is 6.48. The van der Waals surface area contributed by atoms with Crippen LogP contribution in [0.2, 0.25) is 0 Å². The SMILES string of the molecule is COc1ccc(C(CNC(=O)c2cn3c(C)cccc3n2)N(C)C)cc1. The number of hydrogen-bond acceptors (Lipinski definition) is 4. The smallest absolute Gasteiger partial charge is 0.271 e. The number of hydrogen-bond donors (Lipinski definition) is 1. The number of carbonyl (C=O) groups excluding carboxylic acids is 1. The lowest BCUT2D eigenvalue weighted by molar-refractivity contribution is 0.0937. The van der Waals surface area contributed by atoms with Crippen molar-refractivity contribution >= 4 is 11.6 Å². The highest BCUT2D eigenvalue weighted by atomic mass is 16.5. The number of methoxy groups -OCH3 is 1. The number of rotatable bonds is 6. The van der Waals surface area contributed by atoms with Gasteiger partial charge in [-0.25, -0.2) is 4.98 Å². The first-order valence-corrected chi connectivity index (χ1v) is 8.53. The molecule has 26 heavy (non-hydrogen) atoms. The van der Waals surface area contributed by atoms with Crippen LogP contribution in [0.5, 0.6) is 5.75 Å². The molecule has 1 atom stereocenters. The molecule has 0 saturated heterocycles. The lowest BCUT2D eigenvalue weighted by atomic mass is 10.1. The molecule has 6 heteroatoms. The van der Waals surface area contributed by atoms with Gasteiger partial charge in [-0.1, -0.05) is 18.2 Å². The van der Waals surface area contributed by atoms with Crippen molar-refractivity contribution in [2.75, 3.05) is 27.7 Å². The molecule has 0 aliphatic carbocycles. The number of nitrogens with zero attached hydrogens (tertiary/aromatic N) is 3. The lowest BCUT2D eigenvalue weighted by Crippen LogP contribution is -2.34. The maximum Gasteiger partial charge on any atom is 0.271 e. The van der Waals surface area contributed by atoms with Crippen molar-refractivity contribution in [3.63, 3.8) is 0 Å². The average molecular weight is 352 g/mol. The van der Waals surface area contributed by atoms with Crippen LogP contribution in [0.15, 0.2) is 48.7 Å². The molecule has 2 heterocycles. The number of likely N-dealkylation sites (N-methyl/N-ethyl adjacent to an activating group) is 1. The first kappa shape index (κ1) is 17.9. The van der Waals surface area contributed by atoms with Gasteiger partial charge in [0.05, 0.1) is 13.2 Å². The fraction of sp³-hybridized carbons (Fsp3) is 0.300. The summed E-state index contributed by atoms with van der Waals surface area (Å²) in [5, 5.41) is 3.00. The van der Waals surface area contributed by atoms with Crippen LogP contribution in [0.25, 0.3) is 5.65 Å². The zero-order valence-electron chi connectivity index (χ0n) is 15.6. The van der Waals surface area contributed by atoms with E-state index >= 15 is 0 Å². The van der Waals surface area contributed by atoms with E-state index in [0.29, 0.717) is 12.2 Å². The summed E-state index contributed by atoms with van der Waals surface area (Å²) in [6, 6.07) is 13.8. The molecule has 136 valence electrons. The highest BCUT2D eigenvalue weighted by Crippen LogP contribution is 2.21. The minimum Gasteiger partial charge on any atom is -0.497 e. The second-order valence-electron chi connectivity index (χ2n) is 6.48. The fourth-order valence-electron chi connectivity index (χ4n) is 2.96. The number of carbonyl (C=O) groups is 1. The van der Waals surface area contributed by atoms with Gasteiger partial charge in [-0.2, -0.15) is 0 Å². The second kappa shape index (κ2) is 7.58. The quantitative estimate of drug-likeness (QED) is 0.741. The molecular weight excluding hydrogens is 328 g/mol. The van der Waals surface area contributed by atoms with Crippen LogP contribution in [0.1, 0.15) is 27.8 Å². The Bertz CT molecular complexity index is 900. The van der Waals surface area contributed by atoms with E-state index in [4.69, 9.17) is 4.74 Å². The number of imidazole rings is 1. The van der Waals surface area contributed by atoms with Gasteiger partial charge in [0.15, 0.2) is 0 Å². The van der Waals surface area contributed by atoms with Crippen LogP contribution in [0, 0.1) is 6.92 Å². The predicted molar refractivity (Wildman–Crippen MR) is 102 cm³/mol. The van der Waals surface area contributed by atoms with Crippen LogP contribution in [-0.2, 0) is 0 Å². The number of benzene rings is 1. The molecule has 0 aliphatic rings. The van der Waals surface area contributed by atoms with E-state index < -0.39 is 0 Å². The Balaban J connectivity index is 1.73. The Morgan fingerprint density at radius 1 is 1.23 bits per heavy atom. The van der Waals surface area contributed by atoms with E-state index in [1.54, 1.807) is 13.3 Å². The minimum atomic E-state index is -0.173. The van der Waals surface area contributed by atoms with E-state index in [2.05, 4.69) is 15.2 Å². The Hall–Kier alpha value is -2.86. The molecule has 1 amide bonds. The number of aromatic nitrogens is 2. The van der Waals surface area contributed by atoms with Gasteiger partial charge in [0.1, 0.15) is 17.1 Å². The normalized spacial score (nSPS) is 12.3. The largest absolute Gasteiger partial charge is 0.497 e. The summed E-state index contributed by atoms with van der Waals surface area (Å²) in [6.07, 6.45) is 1.78. The highest BCUT2D eigenvalue weighted by Gasteiger charge is 2.17. The van der Waals surface area contributed by atoms with E-state index in [9.17, 15) is 4.79 Å². The van der Waals surface area contributed by atoms with Crippen molar-refractivity contribution in [1.29, 1.82) is 0 Å². The number of aryl methyl sites for hydroxylation is 1. The Labute approximate surface area is 153 Å². The number of fused-ring (bicyclic) bond motifs is 1. The summed E-state index contributed by atoms with van der Waals surface area (Å²) in [5.41, 5.74) is 3.35. The third kappa shape index (κ3) is 3.70. The molecule has 0 aliphatic heterocycles. The molecule has 0 bridgehead atoms. The van der Waals surface area contributed by atoms with E-state index in [1.807, 2.05) is 67.9 Å². The Kier molecular flexibility index (Phi) is 5.23. The lowest BCUT2D eigenvalue weighted by Gasteiger charge is -2.25. The number of pyridine rings is 1. The monoisotopic (exact) mass is 352 g/mol. The molecule has 1 aromatic carbocycles. The van der Waals surface area contributed by atoms with Crippen molar-refractivity contribution in [2.24, 2.45) is 0 Å². The summed E-state index contributed by atoms with van der Waals surface area (Å²) in [6.45, 7) is 2.48. The van der Waals surface area contributed by atoms with Crippen LogP contribution in [-0.4, -0.2) is 47.9 Å². The summed E-state index contributed by atoms with van der Waals surface area (Å²) in [4.78, 5) is 19.1. The standard InChI is InChI=1S/C20H24N4O2/c1-14-6-5-7-19-22-17(13-24(14)19)20(25)21-12-18(23(2)3)15-8-10-16(26-4)11-9-15/h5-11,13,18H,12H2,1-4H3,(H,21,25). The van der Waals surface area contributed by atoms with E-state index in [1.165, 1.54) is 0 Å². The van der Waals surface area contributed by atoms with Gasteiger partial charge in [0, 0.05) is 18.4 Å². The summed E-state index contributed by atoms with van der Waals surface area (Å²) < 4.78 is 7.13. The minimum absolute atomic E-state index is 0.0589. The molecular formula is C20H24N4O2. The molecule has 0 radical (unpaired) electrons. The maximum absolute atomic E-state index is 12.6. The molecule has 0 fully saturated rings. The zero-order chi connectivity index (χ0) is 18.7. The molecule has 1 N–H and O–H groups in total. The van der Waals surface area contributed by atoms with Crippen molar-refractivity contribution in [2.45, 2.75) is 13.0 Å². The Morgan fingerprint density at radius 3 is 2.58 bits per heavy atom. The number of amides is 1. The van der Waals surface area contributed by atoms with Crippen molar-refractivity contribution in [3.8, 4) is 5.75 Å². The van der Waals surface area contributed by atoms with Gasteiger partial charge in [0.25, 0.3) is 5.91 Å². The third-order valence-electron chi connectivity index (χ3n) is 4.51. The Morgan fingerprint density at radius 2 is 1.96 bits per heavy atom. The molecule has 2 aromatic heterocycles. The number of nitrogens with one attached hydrogen (secondary N) is 1. The first-order chi connectivity index (χ1) is 12.5. The van der Waals surface area contributed by atoms with Gasteiger partial charge >= 0.3 is 0 Å². The van der Waals surface area contributed by atoms with E-state index in [0.717, 1.165) is 22.7 Å². The van der Waals surface area contributed by atoms with Crippen molar-refractivity contribution in [3.05, 3.63) is 65.6 Å². The van der Waals surface area contributed by atoms with Crippen LogP contribution in [0.4, 0.5) is 0 Å². The van der Waals surface area contributed by atoms with Gasteiger partial charge in [0.2, 0.25) is 0 Å². The maximum atomic E-state index is 12.6. The molecule has 6 nitrogen and oxygen atoms in total. The average Bonchev–Trinajstić information content (AvgIpc) is 3.08. The van der Waals surface area contributed by atoms with Gasteiger partial charge in [-0.15, -0.1) is 0 Å². The van der Waals surface area contributed by atoms with Crippen LogP contribution in [0.3, 0.4) is 0 Å². The van der Waals surface area contributed by atoms with Crippen LogP contribution < -0.4 is 10.1 Å². The summed E-state index contributed by atoms with van der Waals surface area (Å²) >= 11 is 0. The molecule has 0 spiro atoms. The third-order valence-corrected chi connectivity index (χ3v) is 4.51. The highest BCUT2D eigenvalue weighted by molar-refractivity contribution is 5.92. The fourth-order valence-corrected chi connectivity index (χ4v) is 2.96. The number of ether oxygens (including phenoxy) is 1. The van der Waals surface area contributed by atoms with E-state index in [-0.39, 0.29) is 11.9 Å². The molecule has 0 saturated carbocycles. The predicted octanol–water partition coefficient (Wildman–Crippen LogP) is 2.68. The van der Waals surface area contributed by atoms with Crippen molar-refractivity contribution < 1.29 is 9.53 Å². The summed E-state index contributed by atoms with van der Waals surface area (Å²) in [7, 11) is 5.64. The first-order valence-electron chi connectivity index (χ1n) is 8.53. The van der Waals surface area contributed by atoms with Crippen molar-refractivity contribution in [1.82, 2.24) is 19.6 Å². The topological polar surface area (TPSA) is 58.9 Å². The zero-order valence-corrected chi connectivity index (χ0v) is 15.6.